The molecule has 0 bridgehead atoms. The molecule has 2 aromatic carbocycles. The Kier molecular flexibility index (Phi) is 6.89. The molecule has 0 saturated carbocycles. The fourth-order valence-electron chi connectivity index (χ4n) is 3.18. The minimum absolute atomic E-state index is 0.102. The van der Waals surface area contributed by atoms with Crippen LogP contribution in [0.2, 0.25) is 0 Å². The third kappa shape index (κ3) is 5.49. The van der Waals surface area contributed by atoms with E-state index in [1.165, 1.54) is 16.7 Å². The van der Waals surface area contributed by atoms with E-state index in [0.29, 0.717) is 5.96 Å². The van der Waals surface area contributed by atoms with Gasteiger partial charge in [0, 0.05) is 25.7 Å². The number of hydrogen-bond acceptors (Lipinski definition) is 3. The van der Waals surface area contributed by atoms with Gasteiger partial charge in [0.1, 0.15) is 5.75 Å². The molecule has 28 heavy (non-hydrogen) atoms. The van der Waals surface area contributed by atoms with Crippen LogP contribution in [0.1, 0.15) is 23.6 Å². The summed E-state index contributed by atoms with van der Waals surface area (Å²) in [5, 5.41) is 9.21. The van der Waals surface area contributed by atoms with Gasteiger partial charge in [-0.25, -0.2) is 0 Å². The summed E-state index contributed by atoms with van der Waals surface area (Å²) in [4.78, 5) is 16.3. The maximum absolute atomic E-state index is 12.2. The van der Waals surface area contributed by atoms with Gasteiger partial charge in [-0.1, -0.05) is 31.2 Å². The third-order valence-corrected chi connectivity index (χ3v) is 4.72. The molecule has 148 valence electrons. The van der Waals surface area contributed by atoms with Crippen LogP contribution in [-0.4, -0.2) is 38.6 Å². The number of anilines is 1. The summed E-state index contributed by atoms with van der Waals surface area (Å²) in [5.41, 5.74) is 4.56. The molecule has 0 radical (unpaired) electrons. The van der Waals surface area contributed by atoms with Gasteiger partial charge in [-0.2, -0.15) is 0 Å². The van der Waals surface area contributed by atoms with E-state index in [4.69, 9.17) is 4.74 Å². The van der Waals surface area contributed by atoms with E-state index >= 15 is 0 Å². The number of rotatable bonds is 7. The van der Waals surface area contributed by atoms with E-state index in [-0.39, 0.29) is 12.5 Å². The first kappa shape index (κ1) is 19.7. The number of carbonyl (C=O) groups excluding carboxylic acids is 1. The van der Waals surface area contributed by atoms with Crippen molar-refractivity contribution >= 4 is 17.6 Å². The fraction of sp³-hybridized carbons (Fsp3) is 0.364. The molecule has 6 nitrogen and oxygen atoms in total. The minimum Gasteiger partial charge on any atom is -0.493 e. The lowest BCUT2D eigenvalue weighted by Gasteiger charge is -2.12. The third-order valence-electron chi connectivity index (χ3n) is 4.72. The topological polar surface area (TPSA) is 74.8 Å². The molecule has 2 aromatic rings. The van der Waals surface area contributed by atoms with Crippen LogP contribution in [0.25, 0.3) is 0 Å². The number of fused-ring (bicyclic) bond motifs is 1. The van der Waals surface area contributed by atoms with Crippen molar-refractivity contribution in [3.05, 3.63) is 59.2 Å². The van der Waals surface area contributed by atoms with Crippen molar-refractivity contribution in [2.24, 2.45) is 4.99 Å². The number of amides is 1. The van der Waals surface area contributed by atoms with E-state index in [2.05, 4.69) is 40.0 Å². The zero-order valence-corrected chi connectivity index (χ0v) is 16.5. The molecule has 0 spiro atoms. The molecule has 1 amide bonds. The average molecular weight is 380 g/mol. The highest BCUT2D eigenvalue weighted by atomic mass is 16.5. The molecule has 1 aliphatic heterocycles. The highest BCUT2D eigenvalue weighted by molar-refractivity contribution is 5.95. The minimum atomic E-state index is -0.102. The van der Waals surface area contributed by atoms with Crippen LogP contribution in [0, 0.1) is 0 Å². The Hall–Kier alpha value is -3.02. The van der Waals surface area contributed by atoms with Crippen LogP contribution >= 0.6 is 0 Å². The van der Waals surface area contributed by atoms with Crippen molar-refractivity contribution < 1.29 is 9.53 Å². The Morgan fingerprint density at radius 3 is 2.86 bits per heavy atom. The Labute approximate surface area is 166 Å². The van der Waals surface area contributed by atoms with Gasteiger partial charge in [-0.05, 0) is 47.7 Å². The largest absolute Gasteiger partial charge is 0.493 e. The number of hydrogen-bond donors (Lipinski definition) is 3. The zero-order chi connectivity index (χ0) is 19.8. The Morgan fingerprint density at radius 2 is 2.04 bits per heavy atom. The number of guanidine groups is 1. The Morgan fingerprint density at radius 1 is 1.14 bits per heavy atom. The van der Waals surface area contributed by atoms with Crippen molar-refractivity contribution in [1.29, 1.82) is 0 Å². The van der Waals surface area contributed by atoms with Crippen molar-refractivity contribution in [3.8, 4) is 5.75 Å². The lowest BCUT2D eigenvalue weighted by Crippen LogP contribution is -2.42. The van der Waals surface area contributed by atoms with Gasteiger partial charge in [0.2, 0.25) is 5.91 Å². The highest BCUT2D eigenvalue weighted by Gasteiger charge is 2.12. The first-order valence-corrected chi connectivity index (χ1v) is 9.76. The zero-order valence-electron chi connectivity index (χ0n) is 16.5. The predicted molar refractivity (Wildman–Crippen MR) is 113 cm³/mol. The first-order valence-electron chi connectivity index (χ1n) is 9.76. The van der Waals surface area contributed by atoms with Crippen LogP contribution in [0.5, 0.6) is 5.75 Å². The lowest BCUT2D eigenvalue weighted by atomic mass is 10.1. The number of nitrogens with zero attached hydrogens (tertiary/aromatic N) is 1. The number of nitrogens with one attached hydrogen (secondary N) is 3. The number of aliphatic imine (C=N–C) groups is 1. The van der Waals surface area contributed by atoms with Gasteiger partial charge >= 0.3 is 0 Å². The highest BCUT2D eigenvalue weighted by Crippen LogP contribution is 2.25. The monoisotopic (exact) mass is 380 g/mol. The molecule has 0 unspecified atom stereocenters. The standard InChI is InChI=1S/C22H28N4O2/c1-3-16-5-4-6-19(14-16)26-21(27)15-25-22(23-2)24-11-9-17-7-8-20-18(13-17)10-12-28-20/h4-8,13-14H,3,9-12,15H2,1-2H3,(H,26,27)(H2,23,24,25). The fourth-order valence-corrected chi connectivity index (χ4v) is 3.18. The first-order chi connectivity index (χ1) is 13.7. The van der Waals surface area contributed by atoms with Crippen LogP contribution in [0.4, 0.5) is 5.69 Å². The summed E-state index contributed by atoms with van der Waals surface area (Å²) >= 11 is 0. The number of carbonyl (C=O) groups is 1. The molecule has 0 fully saturated rings. The van der Waals surface area contributed by atoms with Crippen LogP contribution in [-0.2, 0) is 24.1 Å². The van der Waals surface area contributed by atoms with E-state index in [0.717, 1.165) is 43.9 Å². The van der Waals surface area contributed by atoms with E-state index < -0.39 is 0 Å². The van der Waals surface area contributed by atoms with E-state index in [9.17, 15) is 4.79 Å². The quantitative estimate of drug-likeness (QED) is 0.510. The molecule has 3 N–H and O–H groups in total. The van der Waals surface area contributed by atoms with Crippen molar-refractivity contribution in [1.82, 2.24) is 10.6 Å². The molecule has 0 aliphatic carbocycles. The van der Waals surface area contributed by atoms with Gasteiger partial charge in [-0.3, -0.25) is 9.79 Å². The molecule has 3 rings (SSSR count). The average Bonchev–Trinajstić information content (AvgIpc) is 3.18. The molecule has 1 heterocycles. The lowest BCUT2D eigenvalue weighted by molar-refractivity contribution is -0.115. The summed E-state index contributed by atoms with van der Waals surface area (Å²) < 4.78 is 5.54. The second-order valence-electron chi connectivity index (χ2n) is 6.75. The second kappa shape index (κ2) is 9.78. The van der Waals surface area contributed by atoms with Crippen molar-refractivity contribution in [2.45, 2.75) is 26.2 Å². The van der Waals surface area contributed by atoms with Gasteiger partial charge in [0.15, 0.2) is 5.96 Å². The predicted octanol–water partition coefficient (Wildman–Crippen LogP) is 2.53. The smallest absolute Gasteiger partial charge is 0.243 e. The maximum atomic E-state index is 12.2. The van der Waals surface area contributed by atoms with Gasteiger partial charge < -0.3 is 20.7 Å². The van der Waals surface area contributed by atoms with Gasteiger partial charge in [0.05, 0.1) is 13.2 Å². The van der Waals surface area contributed by atoms with E-state index in [1.807, 2.05) is 30.3 Å². The van der Waals surface area contributed by atoms with Gasteiger partial charge in [0.25, 0.3) is 0 Å². The number of ether oxygens (including phenoxy) is 1. The van der Waals surface area contributed by atoms with Crippen LogP contribution in [0.3, 0.4) is 0 Å². The SMILES string of the molecule is CCc1cccc(NC(=O)CNC(=NC)NCCc2ccc3c(c2)CCO3)c1. The molecular formula is C22H28N4O2. The molecule has 0 atom stereocenters. The van der Waals surface area contributed by atoms with Crippen LogP contribution < -0.4 is 20.7 Å². The molecule has 1 aliphatic rings. The van der Waals surface area contributed by atoms with Crippen LogP contribution in [0.15, 0.2) is 47.5 Å². The Balaban J connectivity index is 1.41. The number of benzene rings is 2. The normalized spacial score (nSPS) is 12.9. The number of aryl methyl sites for hydroxylation is 1. The molecular weight excluding hydrogens is 352 g/mol. The summed E-state index contributed by atoms with van der Waals surface area (Å²) in [6.45, 7) is 3.76. The van der Waals surface area contributed by atoms with E-state index in [1.54, 1.807) is 7.05 Å². The molecule has 0 aromatic heterocycles. The maximum Gasteiger partial charge on any atom is 0.243 e. The molecule has 0 saturated heterocycles. The summed E-state index contributed by atoms with van der Waals surface area (Å²) in [5.74, 6) is 1.52. The second-order valence-corrected chi connectivity index (χ2v) is 6.75. The summed E-state index contributed by atoms with van der Waals surface area (Å²) in [6.07, 6.45) is 2.80. The summed E-state index contributed by atoms with van der Waals surface area (Å²) in [7, 11) is 1.70. The Bertz CT molecular complexity index is 848. The van der Waals surface area contributed by atoms with Gasteiger partial charge in [-0.15, -0.1) is 0 Å². The van der Waals surface area contributed by atoms with Crippen molar-refractivity contribution in [3.63, 3.8) is 0 Å². The summed E-state index contributed by atoms with van der Waals surface area (Å²) in [6, 6.07) is 14.2. The van der Waals surface area contributed by atoms with Crippen molar-refractivity contribution in [2.75, 3.05) is 32.1 Å². The molecule has 6 heteroatoms.